The molecule has 0 aliphatic rings. The summed E-state index contributed by atoms with van der Waals surface area (Å²) in [5.74, 6) is -0.142. The zero-order valence-electron chi connectivity index (χ0n) is 17.1. The first kappa shape index (κ1) is 23.5. The molecule has 0 bridgehead atoms. The summed E-state index contributed by atoms with van der Waals surface area (Å²) >= 11 is -0.522. The van der Waals surface area contributed by atoms with E-state index in [0.29, 0.717) is 22.3 Å². The van der Waals surface area contributed by atoms with Gasteiger partial charge in [-0.1, -0.05) is 0 Å². The van der Waals surface area contributed by atoms with Gasteiger partial charge >= 0.3 is 197 Å². The van der Waals surface area contributed by atoms with Gasteiger partial charge in [0.05, 0.1) is 0 Å². The number of rotatable bonds is 6. The van der Waals surface area contributed by atoms with Crippen LogP contribution in [0.1, 0.15) is 0 Å². The Morgan fingerprint density at radius 1 is 0.485 bits per heavy atom. The van der Waals surface area contributed by atoms with Crippen LogP contribution in [-0.4, -0.2) is 20.0 Å². The van der Waals surface area contributed by atoms with E-state index in [1.165, 1.54) is 24.3 Å². The molecule has 0 spiro atoms. The van der Waals surface area contributed by atoms with E-state index in [-0.39, 0.29) is 22.1 Å². The Balaban J connectivity index is 1.79. The van der Waals surface area contributed by atoms with Gasteiger partial charge in [0.2, 0.25) is 0 Å². The quantitative estimate of drug-likeness (QED) is 0.268. The van der Waals surface area contributed by atoms with E-state index in [9.17, 15) is 29.1 Å². The van der Waals surface area contributed by atoms with Crippen molar-refractivity contribution in [1.82, 2.24) is 0 Å². The third-order valence-electron chi connectivity index (χ3n) is 4.95. The van der Waals surface area contributed by atoms with Crippen molar-refractivity contribution in [3.05, 3.63) is 97.1 Å². The van der Waals surface area contributed by atoms with E-state index in [1.54, 1.807) is 72.8 Å². The molecule has 171 valence electrons. The summed E-state index contributed by atoms with van der Waals surface area (Å²) in [4.78, 5) is 22.0. The van der Waals surface area contributed by atoms with Gasteiger partial charge in [-0.25, -0.2) is 0 Å². The molecule has 0 saturated carbocycles. The number of hydrogen-bond acceptors (Lipinski definition) is 4. The van der Waals surface area contributed by atoms with E-state index in [2.05, 4.69) is 0 Å². The van der Waals surface area contributed by atoms with Gasteiger partial charge in [-0.3, -0.25) is 0 Å². The minimum atomic E-state index is -4.40. The minimum absolute atomic E-state index is 0.0270. The molecule has 0 saturated heterocycles. The van der Waals surface area contributed by atoms with Gasteiger partial charge in [0.1, 0.15) is 0 Å². The van der Waals surface area contributed by atoms with Crippen molar-refractivity contribution in [3.8, 4) is 33.8 Å². The fourth-order valence-electron chi connectivity index (χ4n) is 3.46. The van der Waals surface area contributed by atoms with Crippen molar-refractivity contribution >= 4 is 22.8 Å². The Kier molecular flexibility index (Phi) is 6.64. The topological polar surface area (TPSA) is 115 Å². The predicted molar refractivity (Wildman–Crippen MR) is 126 cm³/mol. The van der Waals surface area contributed by atoms with Gasteiger partial charge in [0, 0.05) is 0 Å². The van der Waals surface area contributed by atoms with Crippen LogP contribution in [-0.2, 0) is 23.0 Å². The van der Waals surface area contributed by atoms with Crippen molar-refractivity contribution in [3.63, 3.8) is 0 Å². The molecule has 0 aromatic heterocycles. The molecule has 4 rings (SSSR count). The predicted octanol–water partition coefficient (Wildman–Crippen LogP) is 4.84. The Hall–Kier alpha value is -2.63. The second kappa shape index (κ2) is 9.31. The Bertz CT molecular complexity index is 1310. The van der Waals surface area contributed by atoms with E-state index >= 15 is 0 Å². The molecule has 0 radical (unpaired) electrons. The van der Waals surface area contributed by atoms with Crippen molar-refractivity contribution < 1.29 is 43.0 Å². The first-order valence-corrected chi connectivity index (χ1v) is 15.6. The molecule has 0 heterocycles. The van der Waals surface area contributed by atoms with Crippen LogP contribution in [0.15, 0.2) is 97.1 Å². The zero-order chi connectivity index (χ0) is 23.6. The maximum atomic E-state index is 13.5. The van der Waals surface area contributed by atoms with Crippen LogP contribution in [0.5, 0.6) is 11.5 Å². The normalized spacial score (nSPS) is 15.0. The van der Waals surface area contributed by atoms with Crippen LogP contribution in [0.4, 0.5) is 0 Å². The van der Waals surface area contributed by atoms with E-state index in [0.717, 1.165) is 0 Å². The van der Waals surface area contributed by atoms with Gasteiger partial charge in [-0.05, 0) is 0 Å². The SMILES string of the molecule is O=[P](O)([Co][P](=O)(O)c1ccccc1-c1ccccc1O)c1ccccc1-c1ccccc1O. The third kappa shape index (κ3) is 4.85. The van der Waals surface area contributed by atoms with E-state index in [4.69, 9.17) is 0 Å². The molecule has 0 aliphatic carbocycles. The van der Waals surface area contributed by atoms with Crippen LogP contribution in [0, 0.1) is 0 Å². The summed E-state index contributed by atoms with van der Waals surface area (Å²) in [6.45, 7) is 0. The number of phenolic OH excluding ortho intramolecular Hbond substituents is 2. The first-order valence-electron chi connectivity index (χ1n) is 9.77. The second-order valence-corrected chi connectivity index (χ2v) is 16.1. The van der Waals surface area contributed by atoms with Crippen molar-refractivity contribution in [2.75, 3.05) is 0 Å². The standard InChI is InChI=1S/2C12H9O3P.Co/c2*13-11-7-3-1-5-9(11)10-6-2-4-8-12(10)16(14)15;/h2*1-8H,(H-,13,14,15);/q;;-2/p+2. The van der Waals surface area contributed by atoms with Gasteiger partial charge < -0.3 is 0 Å². The van der Waals surface area contributed by atoms with Crippen LogP contribution >= 0.6 is 12.2 Å². The summed E-state index contributed by atoms with van der Waals surface area (Å²) in [6, 6.07) is 25.2. The Morgan fingerprint density at radius 2 is 0.788 bits per heavy atom. The number of para-hydroxylation sites is 2. The monoisotopic (exact) mass is 525 g/mol. The molecule has 4 aromatic rings. The van der Waals surface area contributed by atoms with Gasteiger partial charge in [-0.2, -0.15) is 0 Å². The second-order valence-electron chi connectivity index (χ2n) is 7.09. The number of aromatic hydroxyl groups is 2. The number of benzene rings is 4. The zero-order valence-corrected chi connectivity index (χ0v) is 19.9. The van der Waals surface area contributed by atoms with Crippen LogP contribution in [0.2, 0.25) is 0 Å². The molecular weight excluding hydrogens is 505 g/mol. The Morgan fingerprint density at radius 3 is 1.15 bits per heavy atom. The summed E-state index contributed by atoms with van der Waals surface area (Å²) in [5.41, 5.74) is 1.31. The van der Waals surface area contributed by atoms with Crippen LogP contribution < -0.4 is 10.6 Å². The molecule has 9 heteroatoms. The molecule has 6 nitrogen and oxygen atoms in total. The van der Waals surface area contributed by atoms with Gasteiger partial charge in [0.15, 0.2) is 0 Å². The summed E-state index contributed by atoms with van der Waals surface area (Å²) < 4.78 is 27.0. The number of phenols is 2. The molecule has 0 fully saturated rings. The molecule has 2 unspecified atom stereocenters. The number of hydrogen-bond donors (Lipinski definition) is 4. The van der Waals surface area contributed by atoms with Crippen molar-refractivity contribution in [1.29, 1.82) is 0 Å². The van der Waals surface area contributed by atoms with E-state index in [1.807, 2.05) is 0 Å². The molecule has 2 atom stereocenters. The molecular formula is C24H20CoO6P2. The van der Waals surface area contributed by atoms with Crippen molar-refractivity contribution in [2.24, 2.45) is 0 Å². The molecule has 0 aliphatic heterocycles. The maximum absolute atomic E-state index is 13.5. The first-order chi connectivity index (χ1) is 15.7. The average Bonchev–Trinajstić information content (AvgIpc) is 2.79. The van der Waals surface area contributed by atoms with Crippen LogP contribution in [0.25, 0.3) is 22.3 Å². The van der Waals surface area contributed by atoms with Crippen molar-refractivity contribution in [2.45, 2.75) is 0 Å². The molecule has 4 N–H and O–H groups in total. The van der Waals surface area contributed by atoms with E-state index < -0.39 is 26.0 Å². The summed E-state index contributed by atoms with van der Waals surface area (Å²) in [5, 5.41) is 20.4. The molecule has 4 aromatic carbocycles. The van der Waals surface area contributed by atoms with Crippen LogP contribution in [0.3, 0.4) is 0 Å². The summed E-state index contributed by atoms with van der Waals surface area (Å²) in [7, 11) is 0. The fourth-order valence-corrected chi connectivity index (χ4v) is 13.2. The third-order valence-corrected chi connectivity index (χ3v) is 14.9. The summed E-state index contributed by atoms with van der Waals surface area (Å²) in [6.07, 6.45) is -8.79. The Labute approximate surface area is 196 Å². The van der Waals surface area contributed by atoms with Gasteiger partial charge in [-0.15, -0.1) is 0 Å². The molecule has 0 amide bonds. The van der Waals surface area contributed by atoms with Gasteiger partial charge in [0.25, 0.3) is 0 Å². The molecule has 33 heavy (non-hydrogen) atoms. The average molecular weight is 525 g/mol. The fraction of sp³-hybridized carbons (Fsp3) is 0.